The molecule has 0 saturated carbocycles. The number of ether oxygens (including phenoxy) is 1. The number of thiophene rings is 1. The standard InChI is InChI=1S/C12H17NO4S/c14-10(8-3-4-18-7-8)6-13-5-9-1-2-11(17-9)12(15)16/h3-4,7,9-11,13-14H,1-2,5-6H2,(H,15,16). The molecule has 3 unspecified atom stereocenters. The van der Waals surface area contributed by atoms with E-state index in [1.807, 2.05) is 16.8 Å². The van der Waals surface area contributed by atoms with Crippen LogP contribution in [0.3, 0.4) is 0 Å². The highest BCUT2D eigenvalue weighted by Gasteiger charge is 2.30. The number of hydrogen-bond acceptors (Lipinski definition) is 5. The molecule has 1 aliphatic heterocycles. The zero-order chi connectivity index (χ0) is 13.0. The van der Waals surface area contributed by atoms with Gasteiger partial charge in [-0.3, -0.25) is 0 Å². The third kappa shape index (κ3) is 3.52. The third-order valence-electron chi connectivity index (χ3n) is 3.02. The quantitative estimate of drug-likeness (QED) is 0.719. The predicted molar refractivity (Wildman–Crippen MR) is 67.7 cm³/mol. The lowest BCUT2D eigenvalue weighted by molar-refractivity contribution is -0.149. The molecule has 0 bridgehead atoms. The van der Waals surface area contributed by atoms with Crippen LogP contribution >= 0.6 is 11.3 Å². The summed E-state index contributed by atoms with van der Waals surface area (Å²) in [6.45, 7) is 1.03. The van der Waals surface area contributed by atoms with Gasteiger partial charge in [0.25, 0.3) is 0 Å². The highest BCUT2D eigenvalue weighted by molar-refractivity contribution is 7.07. The van der Waals surface area contributed by atoms with Gasteiger partial charge in [-0.15, -0.1) is 0 Å². The molecule has 2 rings (SSSR count). The molecule has 2 heterocycles. The monoisotopic (exact) mass is 271 g/mol. The van der Waals surface area contributed by atoms with Crippen LogP contribution in [0.25, 0.3) is 0 Å². The number of hydrogen-bond donors (Lipinski definition) is 3. The number of carboxylic acids is 1. The van der Waals surface area contributed by atoms with Crippen molar-refractivity contribution in [1.82, 2.24) is 5.32 Å². The molecule has 1 fully saturated rings. The Kier molecular flexibility index (Phi) is 4.71. The second kappa shape index (κ2) is 6.29. The van der Waals surface area contributed by atoms with E-state index in [9.17, 15) is 9.90 Å². The van der Waals surface area contributed by atoms with Gasteiger partial charge in [0.05, 0.1) is 12.2 Å². The second-order valence-electron chi connectivity index (χ2n) is 4.39. The highest BCUT2D eigenvalue weighted by atomic mass is 32.1. The molecule has 0 aromatic carbocycles. The van der Waals surface area contributed by atoms with Crippen molar-refractivity contribution in [1.29, 1.82) is 0 Å². The van der Waals surface area contributed by atoms with E-state index in [0.717, 1.165) is 12.0 Å². The van der Waals surface area contributed by atoms with Crippen molar-refractivity contribution in [2.24, 2.45) is 0 Å². The predicted octanol–water partition coefficient (Wildman–Crippen LogP) is 1.00. The summed E-state index contributed by atoms with van der Waals surface area (Å²) < 4.78 is 5.35. The van der Waals surface area contributed by atoms with E-state index in [0.29, 0.717) is 19.5 Å². The Labute approximate surface area is 109 Å². The maximum atomic E-state index is 10.7. The molecule has 18 heavy (non-hydrogen) atoms. The Morgan fingerprint density at radius 3 is 3.06 bits per heavy atom. The number of aliphatic hydroxyl groups excluding tert-OH is 1. The molecule has 0 radical (unpaired) electrons. The molecule has 0 amide bonds. The maximum absolute atomic E-state index is 10.7. The van der Waals surface area contributed by atoms with Gasteiger partial charge in [0.1, 0.15) is 0 Å². The molecule has 0 spiro atoms. The maximum Gasteiger partial charge on any atom is 0.332 e. The molecule has 100 valence electrons. The average Bonchev–Trinajstić information content (AvgIpc) is 3.00. The first-order valence-electron chi connectivity index (χ1n) is 5.96. The van der Waals surface area contributed by atoms with Crippen molar-refractivity contribution in [2.45, 2.75) is 31.2 Å². The number of nitrogens with one attached hydrogen (secondary N) is 1. The lowest BCUT2D eigenvalue weighted by atomic mass is 10.2. The van der Waals surface area contributed by atoms with Crippen LogP contribution in [0, 0.1) is 0 Å². The fraction of sp³-hybridized carbons (Fsp3) is 0.583. The molecule has 5 nitrogen and oxygen atoms in total. The molecular formula is C12H17NO4S. The van der Waals surface area contributed by atoms with E-state index >= 15 is 0 Å². The van der Waals surface area contributed by atoms with Crippen molar-refractivity contribution >= 4 is 17.3 Å². The van der Waals surface area contributed by atoms with Crippen LogP contribution in [0.1, 0.15) is 24.5 Å². The van der Waals surface area contributed by atoms with Crippen molar-refractivity contribution in [3.8, 4) is 0 Å². The second-order valence-corrected chi connectivity index (χ2v) is 5.17. The summed E-state index contributed by atoms with van der Waals surface area (Å²) in [6, 6.07) is 1.89. The Morgan fingerprint density at radius 1 is 1.61 bits per heavy atom. The lowest BCUT2D eigenvalue weighted by Crippen LogP contribution is -2.31. The van der Waals surface area contributed by atoms with Crippen LogP contribution in [0.5, 0.6) is 0 Å². The fourth-order valence-corrected chi connectivity index (χ4v) is 2.71. The van der Waals surface area contributed by atoms with E-state index < -0.39 is 18.2 Å². The summed E-state index contributed by atoms with van der Waals surface area (Å²) >= 11 is 1.55. The molecule has 3 atom stereocenters. The summed E-state index contributed by atoms with van der Waals surface area (Å²) in [4.78, 5) is 10.7. The van der Waals surface area contributed by atoms with Gasteiger partial charge in [-0.25, -0.2) is 4.79 Å². The van der Waals surface area contributed by atoms with Crippen molar-refractivity contribution in [2.75, 3.05) is 13.1 Å². The Morgan fingerprint density at radius 2 is 2.44 bits per heavy atom. The molecular weight excluding hydrogens is 254 g/mol. The van der Waals surface area contributed by atoms with Crippen LogP contribution in [0.15, 0.2) is 16.8 Å². The van der Waals surface area contributed by atoms with Gasteiger partial charge < -0.3 is 20.3 Å². The van der Waals surface area contributed by atoms with Gasteiger partial charge in [0.2, 0.25) is 0 Å². The van der Waals surface area contributed by atoms with E-state index in [4.69, 9.17) is 9.84 Å². The minimum absolute atomic E-state index is 0.0687. The molecule has 6 heteroatoms. The average molecular weight is 271 g/mol. The van der Waals surface area contributed by atoms with Gasteiger partial charge >= 0.3 is 5.97 Å². The van der Waals surface area contributed by atoms with Crippen molar-refractivity contribution in [3.05, 3.63) is 22.4 Å². The van der Waals surface area contributed by atoms with Crippen molar-refractivity contribution < 1.29 is 19.7 Å². The molecule has 0 aliphatic carbocycles. The number of carbonyl (C=O) groups is 1. The SMILES string of the molecule is O=C(O)C1CCC(CNCC(O)c2ccsc2)O1. The van der Waals surface area contributed by atoms with Crippen LogP contribution in [0.2, 0.25) is 0 Å². The number of rotatable bonds is 6. The van der Waals surface area contributed by atoms with Gasteiger partial charge in [0.15, 0.2) is 6.10 Å². The molecule has 1 saturated heterocycles. The fourth-order valence-electron chi connectivity index (χ4n) is 2.00. The largest absolute Gasteiger partial charge is 0.479 e. The normalized spacial score (nSPS) is 25.2. The minimum atomic E-state index is -0.893. The first-order valence-corrected chi connectivity index (χ1v) is 6.90. The van der Waals surface area contributed by atoms with Crippen LogP contribution < -0.4 is 5.32 Å². The topological polar surface area (TPSA) is 78.8 Å². The summed E-state index contributed by atoms with van der Waals surface area (Å²) in [5.41, 5.74) is 0.906. The van der Waals surface area contributed by atoms with E-state index in [-0.39, 0.29) is 6.10 Å². The van der Waals surface area contributed by atoms with E-state index in [2.05, 4.69) is 5.32 Å². The van der Waals surface area contributed by atoms with Gasteiger partial charge in [0, 0.05) is 13.1 Å². The zero-order valence-electron chi connectivity index (χ0n) is 9.91. The summed E-state index contributed by atoms with van der Waals surface area (Å²) in [7, 11) is 0. The van der Waals surface area contributed by atoms with Crippen LogP contribution in [-0.4, -0.2) is 41.5 Å². The number of aliphatic hydroxyl groups is 1. The van der Waals surface area contributed by atoms with Gasteiger partial charge in [-0.1, -0.05) is 0 Å². The van der Waals surface area contributed by atoms with Gasteiger partial charge in [-0.05, 0) is 35.2 Å². The summed E-state index contributed by atoms with van der Waals surface area (Å²) in [5.74, 6) is -0.893. The minimum Gasteiger partial charge on any atom is -0.479 e. The number of aliphatic carboxylic acids is 1. The molecule has 1 aliphatic rings. The van der Waals surface area contributed by atoms with Gasteiger partial charge in [-0.2, -0.15) is 11.3 Å². The summed E-state index contributed by atoms with van der Waals surface area (Å²) in [5, 5.41) is 25.6. The lowest BCUT2D eigenvalue weighted by Gasteiger charge is -2.14. The molecule has 1 aromatic heterocycles. The first kappa shape index (κ1) is 13.5. The third-order valence-corrected chi connectivity index (χ3v) is 3.72. The van der Waals surface area contributed by atoms with E-state index in [1.54, 1.807) is 11.3 Å². The molecule has 3 N–H and O–H groups in total. The highest BCUT2D eigenvalue weighted by Crippen LogP contribution is 2.19. The Hall–Kier alpha value is -0.950. The smallest absolute Gasteiger partial charge is 0.332 e. The Balaban J connectivity index is 1.66. The van der Waals surface area contributed by atoms with Crippen LogP contribution in [-0.2, 0) is 9.53 Å². The Bertz CT molecular complexity index is 381. The zero-order valence-corrected chi connectivity index (χ0v) is 10.7. The van der Waals surface area contributed by atoms with Crippen molar-refractivity contribution in [3.63, 3.8) is 0 Å². The molecule has 1 aromatic rings. The summed E-state index contributed by atoms with van der Waals surface area (Å²) in [6.07, 6.45) is 0.0556. The van der Waals surface area contributed by atoms with Crippen LogP contribution in [0.4, 0.5) is 0 Å². The first-order chi connectivity index (χ1) is 8.66. The number of carboxylic acid groups (broad SMARTS) is 1. The van der Waals surface area contributed by atoms with E-state index in [1.165, 1.54) is 0 Å².